The first-order valence-electron chi connectivity index (χ1n) is 4.95. The van der Waals surface area contributed by atoms with Crippen molar-refractivity contribution < 1.29 is 0 Å². The van der Waals surface area contributed by atoms with Gasteiger partial charge in [0.05, 0.1) is 10.7 Å². The Morgan fingerprint density at radius 3 is 2.40 bits per heavy atom. The van der Waals surface area contributed by atoms with Crippen molar-refractivity contribution >= 4 is 11.3 Å². The summed E-state index contributed by atoms with van der Waals surface area (Å²) in [6, 6.07) is 8.38. The number of benzene rings is 1. The van der Waals surface area contributed by atoms with Crippen LogP contribution in [-0.2, 0) is 0 Å². The Bertz CT molecular complexity index is 443. The summed E-state index contributed by atoms with van der Waals surface area (Å²) >= 11 is 1.67. The van der Waals surface area contributed by atoms with Gasteiger partial charge in [0, 0.05) is 17.0 Å². The lowest BCUT2D eigenvalue weighted by atomic mass is 10.1. The van der Waals surface area contributed by atoms with Gasteiger partial charge in [-0.15, -0.1) is 11.3 Å². The van der Waals surface area contributed by atoms with Crippen LogP contribution in [0.1, 0.15) is 23.5 Å². The number of aromatic nitrogens is 1. The fourth-order valence-electron chi connectivity index (χ4n) is 1.45. The molecule has 0 radical (unpaired) electrons. The van der Waals surface area contributed by atoms with Crippen molar-refractivity contribution in [3.05, 3.63) is 40.2 Å². The van der Waals surface area contributed by atoms with E-state index >= 15 is 0 Å². The molecule has 1 aromatic heterocycles. The molecular formula is C12H14N2S. The molecule has 0 aliphatic carbocycles. The van der Waals surface area contributed by atoms with E-state index in [4.69, 9.17) is 5.73 Å². The molecule has 0 amide bonds. The van der Waals surface area contributed by atoms with Gasteiger partial charge < -0.3 is 5.73 Å². The van der Waals surface area contributed by atoms with Gasteiger partial charge in [0.1, 0.15) is 0 Å². The van der Waals surface area contributed by atoms with Crippen molar-refractivity contribution in [1.29, 1.82) is 0 Å². The van der Waals surface area contributed by atoms with Crippen LogP contribution in [0.15, 0.2) is 29.6 Å². The first-order valence-corrected chi connectivity index (χ1v) is 5.83. The van der Waals surface area contributed by atoms with E-state index in [1.54, 1.807) is 11.3 Å². The van der Waals surface area contributed by atoms with E-state index in [9.17, 15) is 0 Å². The lowest BCUT2D eigenvalue weighted by Gasteiger charge is -2.05. The average molecular weight is 218 g/mol. The van der Waals surface area contributed by atoms with Crippen LogP contribution in [0.3, 0.4) is 0 Å². The topological polar surface area (TPSA) is 38.9 Å². The number of hydrogen-bond donors (Lipinski definition) is 1. The van der Waals surface area contributed by atoms with Crippen molar-refractivity contribution in [2.24, 2.45) is 5.73 Å². The number of thiazole rings is 1. The summed E-state index contributed by atoms with van der Waals surface area (Å²) in [6.45, 7) is 4.01. The average Bonchev–Trinajstić information content (AvgIpc) is 2.65. The van der Waals surface area contributed by atoms with Crippen LogP contribution in [0.4, 0.5) is 0 Å². The Hall–Kier alpha value is -1.19. The quantitative estimate of drug-likeness (QED) is 0.841. The number of nitrogens with two attached hydrogens (primary N) is 1. The summed E-state index contributed by atoms with van der Waals surface area (Å²) in [6.07, 6.45) is 0. The van der Waals surface area contributed by atoms with Gasteiger partial charge in [0.15, 0.2) is 0 Å². The Balaban J connectivity index is 2.31. The molecule has 2 nitrogen and oxygen atoms in total. The van der Waals surface area contributed by atoms with E-state index in [1.165, 1.54) is 0 Å². The van der Waals surface area contributed by atoms with E-state index < -0.39 is 0 Å². The number of hydrogen-bond acceptors (Lipinski definition) is 3. The van der Waals surface area contributed by atoms with Gasteiger partial charge in [0.2, 0.25) is 0 Å². The first kappa shape index (κ1) is 10.3. The predicted molar refractivity (Wildman–Crippen MR) is 64.9 cm³/mol. The normalized spacial score (nSPS) is 12.7. The van der Waals surface area contributed by atoms with Gasteiger partial charge in [-0.05, 0) is 19.4 Å². The minimum atomic E-state index is 0.0937. The molecule has 1 atom stereocenters. The van der Waals surface area contributed by atoms with Crippen molar-refractivity contribution in [2.45, 2.75) is 19.9 Å². The Kier molecular flexibility index (Phi) is 2.84. The molecule has 0 saturated heterocycles. The van der Waals surface area contributed by atoms with E-state index in [0.29, 0.717) is 0 Å². The molecule has 0 saturated carbocycles. The van der Waals surface area contributed by atoms with Gasteiger partial charge in [0.25, 0.3) is 0 Å². The van der Waals surface area contributed by atoms with Crippen LogP contribution >= 0.6 is 11.3 Å². The highest BCUT2D eigenvalue weighted by atomic mass is 32.1. The van der Waals surface area contributed by atoms with Crippen molar-refractivity contribution in [3.63, 3.8) is 0 Å². The molecule has 15 heavy (non-hydrogen) atoms. The van der Waals surface area contributed by atoms with Gasteiger partial charge in [-0.1, -0.05) is 24.3 Å². The SMILES string of the molecule is Cc1nc(-c2ccc([C@@H](C)N)cc2)cs1. The van der Waals surface area contributed by atoms with Crippen molar-refractivity contribution in [2.75, 3.05) is 0 Å². The summed E-state index contributed by atoms with van der Waals surface area (Å²) < 4.78 is 0. The van der Waals surface area contributed by atoms with E-state index in [1.807, 2.05) is 13.8 Å². The molecule has 0 bridgehead atoms. The van der Waals surface area contributed by atoms with Gasteiger partial charge >= 0.3 is 0 Å². The van der Waals surface area contributed by atoms with Crippen LogP contribution in [0.5, 0.6) is 0 Å². The number of aryl methyl sites for hydroxylation is 1. The van der Waals surface area contributed by atoms with E-state index in [0.717, 1.165) is 21.8 Å². The van der Waals surface area contributed by atoms with E-state index in [2.05, 4.69) is 34.6 Å². The Morgan fingerprint density at radius 2 is 1.93 bits per heavy atom. The van der Waals surface area contributed by atoms with Crippen LogP contribution in [0, 0.1) is 6.92 Å². The molecule has 2 N–H and O–H groups in total. The van der Waals surface area contributed by atoms with Crippen molar-refractivity contribution in [1.82, 2.24) is 4.98 Å². The molecule has 0 spiro atoms. The van der Waals surface area contributed by atoms with Crippen LogP contribution < -0.4 is 5.73 Å². The Labute approximate surface area is 93.8 Å². The molecule has 0 aliphatic heterocycles. The van der Waals surface area contributed by atoms with Gasteiger partial charge in [-0.2, -0.15) is 0 Å². The summed E-state index contributed by atoms with van der Waals surface area (Å²) in [4.78, 5) is 4.44. The largest absolute Gasteiger partial charge is 0.324 e. The fraction of sp³-hybridized carbons (Fsp3) is 0.250. The molecule has 1 heterocycles. The molecule has 2 rings (SSSR count). The molecule has 3 heteroatoms. The second kappa shape index (κ2) is 4.13. The van der Waals surface area contributed by atoms with Crippen LogP contribution in [0.25, 0.3) is 11.3 Å². The minimum Gasteiger partial charge on any atom is -0.324 e. The zero-order chi connectivity index (χ0) is 10.8. The fourth-order valence-corrected chi connectivity index (χ4v) is 2.08. The molecule has 0 unspecified atom stereocenters. The Morgan fingerprint density at radius 1 is 1.27 bits per heavy atom. The van der Waals surface area contributed by atoms with Gasteiger partial charge in [-0.3, -0.25) is 0 Å². The highest BCUT2D eigenvalue weighted by Crippen LogP contribution is 2.22. The second-order valence-corrected chi connectivity index (χ2v) is 4.72. The lowest BCUT2D eigenvalue weighted by molar-refractivity contribution is 0.818. The minimum absolute atomic E-state index is 0.0937. The smallest absolute Gasteiger partial charge is 0.0901 e. The summed E-state index contributed by atoms with van der Waals surface area (Å²) in [7, 11) is 0. The molecule has 0 fully saturated rings. The third-order valence-electron chi connectivity index (χ3n) is 2.35. The maximum Gasteiger partial charge on any atom is 0.0901 e. The zero-order valence-corrected chi connectivity index (χ0v) is 9.71. The molecule has 0 aliphatic rings. The lowest BCUT2D eigenvalue weighted by Crippen LogP contribution is -2.04. The number of nitrogens with zero attached hydrogens (tertiary/aromatic N) is 1. The second-order valence-electron chi connectivity index (χ2n) is 3.66. The third-order valence-corrected chi connectivity index (χ3v) is 3.12. The maximum atomic E-state index is 5.79. The molecule has 78 valence electrons. The highest BCUT2D eigenvalue weighted by Gasteiger charge is 2.03. The molecular weight excluding hydrogens is 204 g/mol. The van der Waals surface area contributed by atoms with Gasteiger partial charge in [-0.25, -0.2) is 4.98 Å². The maximum absolute atomic E-state index is 5.79. The predicted octanol–water partition coefficient (Wildman–Crippen LogP) is 3.14. The zero-order valence-electron chi connectivity index (χ0n) is 8.90. The molecule has 2 aromatic rings. The first-order chi connectivity index (χ1) is 7.16. The summed E-state index contributed by atoms with van der Waals surface area (Å²) in [5.41, 5.74) is 9.16. The van der Waals surface area contributed by atoms with Crippen LogP contribution in [0.2, 0.25) is 0 Å². The van der Waals surface area contributed by atoms with Crippen molar-refractivity contribution in [3.8, 4) is 11.3 Å². The van der Waals surface area contributed by atoms with E-state index in [-0.39, 0.29) is 6.04 Å². The standard InChI is InChI=1S/C12H14N2S/c1-8(13)10-3-5-11(6-4-10)12-7-15-9(2)14-12/h3-8H,13H2,1-2H3/t8-/m1/s1. The highest BCUT2D eigenvalue weighted by molar-refractivity contribution is 7.09. The monoisotopic (exact) mass is 218 g/mol. The summed E-state index contributed by atoms with van der Waals surface area (Å²) in [5, 5.41) is 3.18. The summed E-state index contributed by atoms with van der Waals surface area (Å²) in [5.74, 6) is 0. The molecule has 1 aromatic carbocycles. The number of rotatable bonds is 2. The third kappa shape index (κ3) is 2.25. The van der Waals surface area contributed by atoms with Crippen LogP contribution in [-0.4, -0.2) is 4.98 Å².